The topological polar surface area (TPSA) is 44.8 Å². The number of halogens is 1. The van der Waals surface area contributed by atoms with Crippen molar-refractivity contribution in [2.24, 2.45) is 0 Å². The zero-order valence-corrected chi connectivity index (χ0v) is 17.7. The predicted octanol–water partition coefficient (Wildman–Crippen LogP) is 4.54. The summed E-state index contributed by atoms with van der Waals surface area (Å²) < 4.78 is 6.04. The molecule has 2 amide bonds. The van der Waals surface area contributed by atoms with Gasteiger partial charge in [-0.05, 0) is 51.7 Å². The van der Waals surface area contributed by atoms with Crippen LogP contribution in [-0.2, 0) is 11.2 Å². The van der Waals surface area contributed by atoms with Gasteiger partial charge in [0.15, 0.2) is 0 Å². The number of rotatable bonds is 6. The number of ether oxygens (including phenoxy) is 1. The molecule has 28 heavy (non-hydrogen) atoms. The summed E-state index contributed by atoms with van der Waals surface area (Å²) in [6.07, 6.45) is 1.61. The standard InChI is InChI=1S/C22H29N3O2.ClH/c1-4-27-21-16-17-10-5-7-12-19(17)25(20-13-8-6-11-18(20)21)22(26)23-14-9-15-24(2)3;/h5-8,10-13,21H,4,9,14-16H2,1-3H3,(H,23,26);1H. The van der Waals surface area contributed by atoms with Gasteiger partial charge in [0.05, 0.1) is 17.5 Å². The molecule has 1 aliphatic heterocycles. The lowest BCUT2D eigenvalue weighted by Crippen LogP contribution is -2.38. The Morgan fingerprint density at radius 2 is 1.82 bits per heavy atom. The molecule has 1 unspecified atom stereocenters. The van der Waals surface area contributed by atoms with E-state index in [9.17, 15) is 4.79 Å². The van der Waals surface area contributed by atoms with Crippen LogP contribution in [0.4, 0.5) is 16.2 Å². The molecule has 1 N–H and O–H groups in total. The minimum absolute atomic E-state index is 0. The van der Waals surface area contributed by atoms with Gasteiger partial charge < -0.3 is 15.0 Å². The van der Waals surface area contributed by atoms with Crippen LogP contribution < -0.4 is 10.2 Å². The van der Waals surface area contributed by atoms with Crippen LogP contribution in [0.15, 0.2) is 48.5 Å². The van der Waals surface area contributed by atoms with Crippen LogP contribution in [0.3, 0.4) is 0 Å². The van der Waals surface area contributed by atoms with Gasteiger partial charge in [-0.15, -0.1) is 12.4 Å². The van der Waals surface area contributed by atoms with Crippen LogP contribution in [0.5, 0.6) is 0 Å². The molecule has 0 fully saturated rings. The Bertz CT molecular complexity index is 782. The molecule has 0 saturated carbocycles. The largest absolute Gasteiger partial charge is 0.373 e. The second-order valence-electron chi connectivity index (χ2n) is 7.06. The van der Waals surface area contributed by atoms with Crippen LogP contribution in [-0.4, -0.2) is 44.7 Å². The first-order chi connectivity index (χ1) is 13.1. The van der Waals surface area contributed by atoms with Crippen molar-refractivity contribution in [3.05, 3.63) is 59.7 Å². The Kier molecular flexibility index (Phi) is 8.30. The summed E-state index contributed by atoms with van der Waals surface area (Å²) in [6, 6.07) is 16.1. The zero-order chi connectivity index (χ0) is 19.2. The highest BCUT2D eigenvalue weighted by atomic mass is 35.5. The fourth-order valence-corrected chi connectivity index (χ4v) is 3.54. The number of carbonyl (C=O) groups is 1. The number of nitrogens with zero attached hydrogens (tertiary/aromatic N) is 2. The van der Waals surface area contributed by atoms with E-state index in [2.05, 4.69) is 22.3 Å². The Hall–Kier alpha value is -2.08. The SMILES string of the molecule is CCOC1Cc2ccccc2N(C(=O)NCCCN(C)C)c2ccccc21.Cl. The van der Waals surface area contributed by atoms with Crippen molar-refractivity contribution in [1.82, 2.24) is 10.2 Å². The van der Waals surface area contributed by atoms with Crippen molar-refractivity contribution in [2.75, 3.05) is 38.7 Å². The quantitative estimate of drug-likeness (QED) is 0.720. The van der Waals surface area contributed by atoms with Crippen molar-refractivity contribution in [3.63, 3.8) is 0 Å². The number of anilines is 2. The molecule has 0 aliphatic carbocycles. The Labute approximate surface area is 174 Å². The molecule has 1 heterocycles. The molecule has 0 spiro atoms. The van der Waals surface area contributed by atoms with Gasteiger partial charge in [-0.2, -0.15) is 0 Å². The van der Waals surface area contributed by atoms with E-state index in [4.69, 9.17) is 4.74 Å². The van der Waals surface area contributed by atoms with Gasteiger partial charge in [-0.1, -0.05) is 36.4 Å². The number of hydrogen-bond donors (Lipinski definition) is 1. The molecule has 2 aromatic rings. The van der Waals surface area contributed by atoms with Gasteiger partial charge in [0.2, 0.25) is 0 Å². The molecule has 1 atom stereocenters. The summed E-state index contributed by atoms with van der Waals surface area (Å²) >= 11 is 0. The maximum absolute atomic E-state index is 13.1. The molecule has 5 nitrogen and oxygen atoms in total. The van der Waals surface area contributed by atoms with Crippen molar-refractivity contribution < 1.29 is 9.53 Å². The van der Waals surface area contributed by atoms with Crippen LogP contribution in [0.25, 0.3) is 0 Å². The van der Waals surface area contributed by atoms with E-state index >= 15 is 0 Å². The molecular formula is C22H30ClN3O2. The van der Waals surface area contributed by atoms with Crippen LogP contribution in [0.1, 0.15) is 30.6 Å². The normalized spacial score (nSPS) is 15.3. The minimum atomic E-state index is -0.0918. The van der Waals surface area contributed by atoms with E-state index < -0.39 is 0 Å². The third kappa shape index (κ3) is 5.04. The molecule has 0 radical (unpaired) electrons. The van der Waals surface area contributed by atoms with Crippen molar-refractivity contribution in [2.45, 2.75) is 25.9 Å². The average Bonchev–Trinajstić information content (AvgIpc) is 2.80. The fourth-order valence-electron chi connectivity index (χ4n) is 3.54. The molecular weight excluding hydrogens is 374 g/mol. The van der Waals surface area contributed by atoms with Crippen molar-refractivity contribution in [1.29, 1.82) is 0 Å². The van der Waals surface area contributed by atoms with Gasteiger partial charge >= 0.3 is 6.03 Å². The van der Waals surface area contributed by atoms with E-state index in [1.807, 2.05) is 57.4 Å². The first-order valence-corrected chi connectivity index (χ1v) is 9.63. The summed E-state index contributed by atoms with van der Waals surface area (Å²) in [6.45, 7) is 4.24. The highest BCUT2D eigenvalue weighted by molar-refractivity contribution is 6.01. The van der Waals surface area contributed by atoms with E-state index in [1.165, 1.54) is 0 Å². The molecule has 2 aromatic carbocycles. The minimum Gasteiger partial charge on any atom is -0.373 e. The molecule has 0 aromatic heterocycles. The lowest BCUT2D eigenvalue weighted by atomic mass is 10.0. The number of hydrogen-bond acceptors (Lipinski definition) is 3. The predicted molar refractivity (Wildman–Crippen MR) is 117 cm³/mol. The maximum Gasteiger partial charge on any atom is 0.326 e. The molecule has 3 rings (SSSR count). The maximum atomic E-state index is 13.1. The van der Waals surface area contributed by atoms with Crippen LogP contribution in [0, 0.1) is 0 Å². The molecule has 0 bridgehead atoms. The lowest BCUT2D eigenvalue weighted by molar-refractivity contribution is 0.0638. The second kappa shape index (κ2) is 10.5. The number of carbonyl (C=O) groups excluding carboxylic acids is 1. The van der Waals surface area contributed by atoms with Gasteiger partial charge in [-0.3, -0.25) is 4.90 Å². The summed E-state index contributed by atoms with van der Waals surface area (Å²) in [5.41, 5.74) is 4.00. The zero-order valence-electron chi connectivity index (χ0n) is 16.9. The molecule has 6 heteroatoms. The number of para-hydroxylation sites is 2. The average molecular weight is 404 g/mol. The van der Waals surface area contributed by atoms with Crippen molar-refractivity contribution >= 4 is 29.8 Å². The molecule has 1 aliphatic rings. The van der Waals surface area contributed by atoms with Gasteiger partial charge in [-0.25, -0.2) is 4.79 Å². The summed E-state index contributed by atoms with van der Waals surface area (Å²) in [4.78, 5) is 17.1. The van der Waals surface area contributed by atoms with Gasteiger partial charge in [0, 0.05) is 25.1 Å². The lowest BCUT2D eigenvalue weighted by Gasteiger charge is -2.25. The summed E-state index contributed by atoms with van der Waals surface area (Å²) in [7, 11) is 4.08. The van der Waals surface area contributed by atoms with Gasteiger partial charge in [0.25, 0.3) is 0 Å². The number of amides is 2. The number of fused-ring (bicyclic) bond motifs is 2. The highest BCUT2D eigenvalue weighted by Crippen LogP contribution is 2.41. The highest BCUT2D eigenvalue weighted by Gasteiger charge is 2.30. The molecule has 0 saturated heterocycles. The Morgan fingerprint density at radius 1 is 1.14 bits per heavy atom. The van der Waals surface area contributed by atoms with E-state index in [1.54, 1.807) is 4.90 Å². The Balaban J connectivity index is 0.00000280. The molecule has 152 valence electrons. The fraction of sp³-hybridized carbons (Fsp3) is 0.409. The first-order valence-electron chi connectivity index (χ1n) is 9.63. The number of nitrogens with one attached hydrogen (secondary N) is 1. The number of urea groups is 1. The monoisotopic (exact) mass is 403 g/mol. The third-order valence-corrected chi connectivity index (χ3v) is 4.79. The third-order valence-electron chi connectivity index (χ3n) is 4.79. The Morgan fingerprint density at radius 3 is 2.54 bits per heavy atom. The smallest absolute Gasteiger partial charge is 0.326 e. The summed E-state index contributed by atoms with van der Waals surface area (Å²) in [5.74, 6) is 0. The first kappa shape index (κ1) is 22.2. The second-order valence-corrected chi connectivity index (χ2v) is 7.06. The number of benzene rings is 2. The van der Waals surface area contributed by atoms with E-state index in [0.29, 0.717) is 13.2 Å². The van der Waals surface area contributed by atoms with Crippen LogP contribution in [0.2, 0.25) is 0 Å². The van der Waals surface area contributed by atoms with E-state index in [0.717, 1.165) is 41.9 Å². The summed E-state index contributed by atoms with van der Waals surface area (Å²) in [5, 5.41) is 3.08. The van der Waals surface area contributed by atoms with Gasteiger partial charge in [0.1, 0.15) is 0 Å². The van der Waals surface area contributed by atoms with Crippen molar-refractivity contribution in [3.8, 4) is 0 Å². The van der Waals surface area contributed by atoms with Crippen LogP contribution >= 0.6 is 12.4 Å². The van der Waals surface area contributed by atoms with E-state index in [-0.39, 0.29) is 24.5 Å².